The van der Waals surface area contributed by atoms with Crippen molar-refractivity contribution >= 4 is 23.2 Å². The minimum absolute atomic E-state index is 0.0192. The second-order valence-corrected chi connectivity index (χ2v) is 16.0. The number of rotatable bonds is 4. The van der Waals surface area contributed by atoms with Crippen LogP contribution in [0.2, 0.25) is 0 Å². The molecule has 6 fully saturated rings. The van der Waals surface area contributed by atoms with Crippen molar-refractivity contribution < 1.29 is 9.59 Å². The van der Waals surface area contributed by atoms with Crippen LogP contribution in [0.5, 0.6) is 0 Å². The van der Waals surface area contributed by atoms with Crippen LogP contribution in [0.4, 0.5) is 11.4 Å². The number of anilines is 2. The maximum atomic E-state index is 13.1. The van der Waals surface area contributed by atoms with Gasteiger partial charge in [0.1, 0.15) is 0 Å². The number of nitrogens with zero attached hydrogens (tertiary/aromatic N) is 2. The highest BCUT2D eigenvalue weighted by Crippen LogP contribution is 2.62. The molecule has 0 N–H and O–H groups in total. The molecule has 2 amide bonds. The third-order valence-electron chi connectivity index (χ3n) is 11.0. The minimum Gasteiger partial charge on any atom is -0.311 e. The number of carbonyl (C=O) groups is 2. The number of β-lactam (4-membered cyclic amide) rings is 2. The lowest BCUT2D eigenvalue weighted by Crippen LogP contribution is -2.49. The molecule has 8 rings (SSSR count). The molecule has 6 aliphatic rings. The summed E-state index contributed by atoms with van der Waals surface area (Å²) in [5, 5.41) is 0. The second kappa shape index (κ2) is 8.69. The fourth-order valence-corrected chi connectivity index (χ4v) is 8.88. The predicted molar refractivity (Wildman–Crippen MR) is 163 cm³/mol. The van der Waals surface area contributed by atoms with Crippen molar-refractivity contribution in [3.63, 3.8) is 0 Å². The summed E-state index contributed by atoms with van der Waals surface area (Å²) in [7, 11) is 0. The Balaban J connectivity index is 1.48. The Morgan fingerprint density at radius 3 is 1.40 bits per heavy atom. The van der Waals surface area contributed by atoms with E-state index in [4.69, 9.17) is 0 Å². The van der Waals surface area contributed by atoms with E-state index in [-0.39, 0.29) is 28.1 Å². The van der Waals surface area contributed by atoms with Gasteiger partial charge in [0.05, 0.1) is 11.4 Å². The standard InChI is InChI=1S/C36H46N2O2/c1-34(2,3)26-14-25(15-27(16-26)35(4,5)6)33-29(37-9-7-31(37)39)17-28(18-30(33)38-10-8-32(38)40)36-19-22-11-23(20-36)13-24(12-22)21-36/h14-18,22-24H,7-13,19-21H2,1-6H3. The molecule has 0 unspecified atom stereocenters. The molecule has 2 heterocycles. The maximum Gasteiger partial charge on any atom is 0.228 e. The van der Waals surface area contributed by atoms with E-state index in [1.807, 2.05) is 9.80 Å². The van der Waals surface area contributed by atoms with E-state index >= 15 is 0 Å². The molecule has 212 valence electrons. The Morgan fingerprint density at radius 2 is 1.07 bits per heavy atom. The molecule has 4 aliphatic carbocycles. The quantitative estimate of drug-likeness (QED) is 0.371. The summed E-state index contributed by atoms with van der Waals surface area (Å²) in [5.41, 5.74) is 8.41. The van der Waals surface area contributed by atoms with E-state index in [0.29, 0.717) is 12.8 Å². The molecule has 2 aromatic carbocycles. The van der Waals surface area contributed by atoms with Gasteiger partial charge in [0.2, 0.25) is 11.8 Å². The first-order chi connectivity index (χ1) is 18.8. The van der Waals surface area contributed by atoms with Crippen molar-refractivity contribution in [3.8, 4) is 11.1 Å². The van der Waals surface area contributed by atoms with Gasteiger partial charge in [0, 0.05) is 31.5 Å². The van der Waals surface area contributed by atoms with Crippen molar-refractivity contribution in [3.05, 3.63) is 47.0 Å². The molecule has 0 atom stereocenters. The number of amides is 2. The lowest BCUT2D eigenvalue weighted by molar-refractivity contribution is -0.122. The van der Waals surface area contributed by atoms with Crippen molar-refractivity contribution in [2.75, 3.05) is 22.9 Å². The monoisotopic (exact) mass is 538 g/mol. The highest BCUT2D eigenvalue weighted by molar-refractivity contribution is 6.09. The largest absolute Gasteiger partial charge is 0.311 e. The smallest absolute Gasteiger partial charge is 0.228 e. The van der Waals surface area contributed by atoms with E-state index < -0.39 is 0 Å². The summed E-state index contributed by atoms with van der Waals surface area (Å²) in [6.07, 6.45) is 9.24. The third-order valence-corrected chi connectivity index (χ3v) is 11.0. The first kappa shape index (κ1) is 26.3. The van der Waals surface area contributed by atoms with Crippen LogP contribution < -0.4 is 9.80 Å². The topological polar surface area (TPSA) is 40.6 Å². The van der Waals surface area contributed by atoms with Gasteiger partial charge in [0.25, 0.3) is 0 Å². The van der Waals surface area contributed by atoms with Gasteiger partial charge in [-0.15, -0.1) is 0 Å². The zero-order chi connectivity index (χ0) is 28.2. The Kier molecular flexibility index (Phi) is 5.71. The Labute approximate surface area is 240 Å². The molecule has 0 spiro atoms. The molecule has 0 aromatic heterocycles. The second-order valence-electron chi connectivity index (χ2n) is 16.0. The average Bonchev–Trinajstić information content (AvgIpc) is 2.84. The number of hydrogen-bond acceptors (Lipinski definition) is 2. The highest BCUT2D eigenvalue weighted by atomic mass is 16.2. The molecule has 2 aliphatic heterocycles. The van der Waals surface area contributed by atoms with Gasteiger partial charge >= 0.3 is 0 Å². The van der Waals surface area contributed by atoms with Gasteiger partial charge in [0.15, 0.2) is 0 Å². The fourth-order valence-electron chi connectivity index (χ4n) is 8.88. The molecule has 4 nitrogen and oxygen atoms in total. The fraction of sp³-hybridized carbons (Fsp3) is 0.611. The predicted octanol–water partition coefficient (Wildman–Crippen LogP) is 7.89. The maximum absolute atomic E-state index is 13.1. The lowest BCUT2D eigenvalue weighted by atomic mass is 9.48. The van der Waals surface area contributed by atoms with Crippen LogP contribution in [0.25, 0.3) is 11.1 Å². The van der Waals surface area contributed by atoms with E-state index in [9.17, 15) is 9.59 Å². The van der Waals surface area contributed by atoms with Crippen LogP contribution in [0.1, 0.15) is 110 Å². The van der Waals surface area contributed by atoms with Crippen LogP contribution >= 0.6 is 0 Å². The Hall–Kier alpha value is -2.62. The molecule has 4 saturated carbocycles. The summed E-state index contributed by atoms with van der Waals surface area (Å²) in [5.74, 6) is 2.92. The zero-order valence-electron chi connectivity index (χ0n) is 25.4. The minimum atomic E-state index is -0.0192. The van der Waals surface area contributed by atoms with Gasteiger partial charge in [-0.1, -0.05) is 59.7 Å². The van der Waals surface area contributed by atoms with Crippen molar-refractivity contribution in [2.24, 2.45) is 17.8 Å². The SMILES string of the molecule is CC(C)(C)c1cc(-c2c(N3CCC3=O)cc(C34CC5CC(CC(C5)C3)C4)cc2N2CCC2=O)cc(C(C)(C)C)c1. The molecule has 40 heavy (non-hydrogen) atoms. The third kappa shape index (κ3) is 4.15. The van der Waals surface area contributed by atoms with Crippen molar-refractivity contribution in [1.82, 2.24) is 0 Å². The Bertz CT molecular complexity index is 1290. The van der Waals surface area contributed by atoms with Gasteiger partial charge in [-0.2, -0.15) is 0 Å². The van der Waals surface area contributed by atoms with E-state index in [2.05, 4.69) is 71.9 Å². The van der Waals surface area contributed by atoms with E-state index in [1.165, 1.54) is 55.2 Å². The van der Waals surface area contributed by atoms with Gasteiger partial charge in [-0.3, -0.25) is 9.59 Å². The summed E-state index contributed by atoms with van der Waals surface area (Å²) in [4.78, 5) is 30.2. The summed E-state index contributed by atoms with van der Waals surface area (Å²) < 4.78 is 0. The number of hydrogen-bond donors (Lipinski definition) is 0. The van der Waals surface area contributed by atoms with Crippen LogP contribution in [0.15, 0.2) is 30.3 Å². The summed E-state index contributed by atoms with van der Waals surface area (Å²) >= 11 is 0. The van der Waals surface area contributed by atoms with E-state index in [1.54, 1.807) is 0 Å². The van der Waals surface area contributed by atoms with Crippen LogP contribution in [-0.4, -0.2) is 24.9 Å². The first-order valence-electron chi connectivity index (χ1n) is 15.8. The van der Waals surface area contributed by atoms with E-state index in [0.717, 1.165) is 53.3 Å². The van der Waals surface area contributed by atoms with Crippen LogP contribution in [0, 0.1) is 17.8 Å². The van der Waals surface area contributed by atoms with Gasteiger partial charge < -0.3 is 9.80 Å². The molecule has 4 bridgehead atoms. The van der Waals surface area contributed by atoms with Crippen molar-refractivity contribution in [1.29, 1.82) is 0 Å². The van der Waals surface area contributed by atoms with Crippen LogP contribution in [0.3, 0.4) is 0 Å². The van der Waals surface area contributed by atoms with Gasteiger partial charge in [-0.05, 0) is 107 Å². The lowest BCUT2D eigenvalue weighted by Gasteiger charge is -2.57. The number of benzene rings is 2. The van der Waals surface area contributed by atoms with Crippen molar-refractivity contribution in [2.45, 2.75) is 109 Å². The molecular weight excluding hydrogens is 492 g/mol. The van der Waals surface area contributed by atoms with Crippen LogP contribution in [-0.2, 0) is 25.8 Å². The summed E-state index contributed by atoms with van der Waals surface area (Å²) in [6.45, 7) is 15.2. The van der Waals surface area contributed by atoms with Gasteiger partial charge in [-0.25, -0.2) is 0 Å². The molecule has 0 radical (unpaired) electrons. The highest BCUT2D eigenvalue weighted by Gasteiger charge is 2.52. The normalized spacial score (nSPS) is 29.6. The Morgan fingerprint density at radius 1 is 0.650 bits per heavy atom. The molecular formula is C36H46N2O2. The molecule has 2 aromatic rings. The average molecular weight is 539 g/mol. The number of carbonyl (C=O) groups excluding carboxylic acids is 2. The molecule has 4 heteroatoms. The first-order valence-corrected chi connectivity index (χ1v) is 15.8. The zero-order valence-corrected chi connectivity index (χ0v) is 25.4. The summed E-state index contributed by atoms with van der Waals surface area (Å²) in [6, 6.07) is 11.8. The molecule has 2 saturated heterocycles.